The third kappa shape index (κ3) is 2.14. The van der Waals surface area contributed by atoms with Crippen LogP contribution >= 0.6 is 11.6 Å². The van der Waals surface area contributed by atoms with E-state index in [2.05, 4.69) is 0 Å². The summed E-state index contributed by atoms with van der Waals surface area (Å²) < 4.78 is 5.19. The summed E-state index contributed by atoms with van der Waals surface area (Å²) in [6.07, 6.45) is 0. The molecule has 0 aliphatic heterocycles. The third-order valence-electron chi connectivity index (χ3n) is 1.84. The number of hydrogen-bond acceptors (Lipinski definition) is 2. The van der Waals surface area contributed by atoms with E-state index in [0.29, 0.717) is 5.02 Å². The van der Waals surface area contributed by atoms with Crippen LogP contribution in [0, 0.1) is 0 Å². The normalized spacial score (nSPS) is 11.5. The molecular weight excluding hydrogens is 186 g/mol. The molecule has 0 saturated carbocycles. The molecule has 0 unspecified atom stereocenters. The number of rotatable bonds is 2. The van der Waals surface area contributed by atoms with Gasteiger partial charge in [0.25, 0.3) is 0 Å². The Labute approximate surface area is 83.6 Å². The van der Waals surface area contributed by atoms with Gasteiger partial charge in [0, 0.05) is 16.1 Å². The van der Waals surface area contributed by atoms with Gasteiger partial charge in [0.1, 0.15) is 5.75 Å². The lowest BCUT2D eigenvalue weighted by Gasteiger charge is -2.23. The van der Waals surface area contributed by atoms with Crippen molar-refractivity contribution in [3.63, 3.8) is 0 Å². The van der Waals surface area contributed by atoms with E-state index in [-0.39, 0.29) is 0 Å². The summed E-state index contributed by atoms with van der Waals surface area (Å²) in [5, 5.41) is 0.645. The first-order valence-electron chi connectivity index (χ1n) is 4.08. The van der Waals surface area contributed by atoms with Crippen LogP contribution in [-0.4, -0.2) is 7.11 Å². The highest BCUT2D eigenvalue weighted by molar-refractivity contribution is 6.31. The van der Waals surface area contributed by atoms with Crippen molar-refractivity contribution < 1.29 is 4.74 Å². The van der Waals surface area contributed by atoms with Gasteiger partial charge < -0.3 is 10.5 Å². The Morgan fingerprint density at radius 1 is 1.38 bits per heavy atom. The van der Waals surface area contributed by atoms with E-state index >= 15 is 0 Å². The molecule has 72 valence electrons. The van der Waals surface area contributed by atoms with Crippen LogP contribution in [0.5, 0.6) is 5.75 Å². The van der Waals surface area contributed by atoms with Crippen molar-refractivity contribution in [2.75, 3.05) is 7.11 Å². The van der Waals surface area contributed by atoms with Crippen molar-refractivity contribution in [3.8, 4) is 5.75 Å². The molecule has 1 rings (SSSR count). The summed E-state index contributed by atoms with van der Waals surface area (Å²) in [5.41, 5.74) is 6.33. The fourth-order valence-electron chi connectivity index (χ4n) is 1.30. The maximum absolute atomic E-state index is 6.03. The zero-order valence-electron chi connectivity index (χ0n) is 8.10. The van der Waals surface area contributed by atoms with Crippen molar-refractivity contribution in [1.29, 1.82) is 0 Å². The van der Waals surface area contributed by atoms with Gasteiger partial charge >= 0.3 is 0 Å². The highest BCUT2D eigenvalue weighted by Gasteiger charge is 2.21. The van der Waals surface area contributed by atoms with Crippen LogP contribution in [0.15, 0.2) is 18.2 Å². The van der Waals surface area contributed by atoms with Crippen LogP contribution in [0.25, 0.3) is 0 Å². The molecule has 0 saturated heterocycles. The van der Waals surface area contributed by atoms with Crippen molar-refractivity contribution >= 4 is 11.6 Å². The number of methoxy groups -OCH3 is 1. The first-order chi connectivity index (χ1) is 5.96. The van der Waals surface area contributed by atoms with Gasteiger partial charge in [0.2, 0.25) is 0 Å². The zero-order valence-corrected chi connectivity index (χ0v) is 8.85. The number of hydrogen-bond donors (Lipinski definition) is 1. The molecule has 2 N–H and O–H groups in total. The molecule has 0 spiro atoms. The minimum Gasteiger partial charge on any atom is -0.496 e. The second-order valence-electron chi connectivity index (χ2n) is 3.54. The second kappa shape index (κ2) is 3.56. The Hall–Kier alpha value is -0.730. The Kier molecular flexibility index (Phi) is 2.84. The van der Waals surface area contributed by atoms with Crippen molar-refractivity contribution in [3.05, 3.63) is 28.8 Å². The van der Waals surface area contributed by atoms with E-state index in [1.165, 1.54) is 0 Å². The molecule has 1 aromatic carbocycles. The summed E-state index contributed by atoms with van der Waals surface area (Å²) >= 11 is 6.03. The van der Waals surface area contributed by atoms with Gasteiger partial charge in [0.05, 0.1) is 7.11 Å². The fraction of sp³-hybridized carbons (Fsp3) is 0.400. The molecule has 1 aromatic rings. The van der Waals surface area contributed by atoms with Gasteiger partial charge in [-0.25, -0.2) is 0 Å². The predicted molar refractivity (Wildman–Crippen MR) is 55.2 cm³/mol. The summed E-state index contributed by atoms with van der Waals surface area (Å²) in [5.74, 6) is 0.736. The van der Waals surface area contributed by atoms with Crippen molar-refractivity contribution in [2.24, 2.45) is 5.73 Å². The second-order valence-corrected chi connectivity index (χ2v) is 3.95. The molecule has 3 heteroatoms. The van der Waals surface area contributed by atoms with Gasteiger partial charge in [-0.1, -0.05) is 17.7 Å². The molecule has 0 aliphatic carbocycles. The van der Waals surface area contributed by atoms with Crippen LogP contribution in [-0.2, 0) is 5.54 Å². The lowest BCUT2D eigenvalue weighted by atomic mass is 9.94. The molecule has 13 heavy (non-hydrogen) atoms. The molecule has 0 radical (unpaired) electrons. The molecule has 0 aliphatic rings. The number of ether oxygens (including phenoxy) is 1. The molecule has 0 heterocycles. The Balaban J connectivity index is 3.32. The minimum absolute atomic E-state index is 0.482. The highest BCUT2D eigenvalue weighted by atomic mass is 35.5. The molecule has 0 amide bonds. The van der Waals surface area contributed by atoms with E-state index in [9.17, 15) is 0 Å². The maximum Gasteiger partial charge on any atom is 0.125 e. The van der Waals surface area contributed by atoms with Gasteiger partial charge in [-0.3, -0.25) is 0 Å². The molecule has 0 aromatic heterocycles. The average molecular weight is 200 g/mol. The van der Waals surface area contributed by atoms with E-state index in [0.717, 1.165) is 11.3 Å². The highest BCUT2D eigenvalue weighted by Crippen LogP contribution is 2.33. The van der Waals surface area contributed by atoms with Crippen LogP contribution in [0.2, 0.25) is 5.02 Å². The quantitative estimate of drug-likeness (QED) is 0.795. The minimum atomic E-state index is -0.482. The molecule has 0 fully saturated rings. The Morgan fingerprint density at radius 3 is 2.38 bits per heavy atom. The smallest absolute Gasteiger partial charge is 0.125 e. The SMILES string of the molecule is COc1cccc(Cl)c1C(C)(C)N. The standard InChI is InChI=1S/C10H14ClNO/c1-10(2,12)9-7(11)5-4-6-8(9)13-3/h4-6H,12H2,1-3H3. The lowest BCUT2D eigenvalue weighted by Crippen LogP contribution is -2.29. The van der Waals surface area contributed by atoms with Gasteiger partial charge in [-0.2, -0.15) is 0 Å². The van der Waals surface area contributed by atoms with E-state index in [1.54, 1.807) is 7.11 Å². The van der Waals surface area contributed by atoms with Crippen molar-refractivity contribution in [2.45, 2.75) is 19.4 Å². The van der Waals surface area contributed by atoms with E-state index < -0.39 is 5.54 Å². The maximum atomic E-state index is 6.03. The summed E-state index contributed by atoms with van der Waals surface area (Å²) in [7, 11) is 1.61. The van der Waals surface area contributed by atoms with E-state index in [1.807, 2.05) is 32.0 Å². The van der Waals surface area contributed by atoms with Gasteiger partial charge in [-0.15, -0.1) is 0 Å². The molecule has 2 nitrogen and oxygen atoms in total. The molecule has 0 bridgehead atoms. The first-order valence-corrected chi connectivity index (χ1v) is 4.46. The fourth-order valence-corrected chi connectivity index (χ4v) is 1.71. The van der Waals surface area contributed by atoms with Gasteiger partial charge in [-0.05, 0) is 26.0 Å². The third-order valence-corrected chi connectivity index (χ3v) is 2.15. The molecule has 0 atom stereocenters. The summed E-state index contributed by atoms with van der Waals surface area (Å²) in [6.45, 7) is 3.80. The predicted octanol–water partition coefficient (Wildman–Crippen LogP) is 2.54. The summed E-state index contributed by atoms with van der Waals surface area (Å²) in [6, 6.07) is 5.51. The number of nitrogens with two attached hydrogens (primary N) is 1. The average Bonchev–Trinajstić information content (AvgIpc) is 2.01. The number of halogens is 1. The molecular formula is C10H14ClNO. The monoisotopic (exact) mass is 199 g/mol. The largest absolute Gasteiger partial charge is 0.496 e. The van der Waals surface area contributed by atoms with Crippen molar-refractivity contribution in [1.82, 2.24) is 0 Å². The number of benzene rings is 1. The van der Waals surface area contributed by atoms with Gasteiger partial charge in [0.15, 0.2) is 0 Å². The van der Waals surface area contributed by atoms with Crippen LogP contribution in [0.3, 0.4) is 0 Å². The van der Waals surface area contributed by atoms with Crippen LogP contribution in [0.1, 0.15) is 19.4 Å². The van der Waals surface area contributed by atoms with Crippen LogP contribution in [0.4, 0.5) is 0 Å². The Bertz CT molecular complexity index is 304. The van der Waals surface area contributed by atoms with Crippen LogP contribution < -0.4 is 10.5 Å². The first kappa shape index (κ1) is 10.4. The Morgan fingerprint density at radius 2 is 2.00 bits per heavy atom. The topological polar surface area (TPSA) is 35.2 Å². The van der Waals surface area contributed by atoms with E-state index in [4.69, 9.17) is 22.1 Å². The lowest BCUT2D eigenvalue weighted by molar-refractivity contribution is 0.394. The zero-order chi connectivity index (χ0) is 10.1. The summed E-state index contributed by atoms with van der Waals surface area (Å²) in [4.78, 5) is 0.